The summed E-state index contributed by atoms with van der Waals surface area (Å²) in [5.74, 6) is 0.649. The highest BCUT2D eigenvalue weighted by Crippen LogP contribution is 2.32. The molecule has 0 amide bonds. The summed E-state index contributed by atoms with van der Waals surface area (Å²) in [5, 5.41) is 23.7. The summed E-state index contributed by atoms with van der Waals surface area (Å²) in [6.45, 7) is 3.23. The third-order valence-corrected chi connectivity index (χ3v) is 7.17. The molecule has 0 unspecified atom stereocenters. The van der Waals surface area contributed by atoms with Crippen LogP contribution in [0.1, 0.15) is 27.3 Å². The number of nitrogens with one attached hydrogen (secondary N) is 1. The molecule has 0 bridgehead atoms. The van der Waals surface area contributed by atoms with Crippen LogP contribution < -0.4 is 14.8 Å². The number of aromatic nitrogens is 1. The molecule has 0 saturated heterocycles. The number of benzene rings is 3. The number of aliphatic hydroxyl groups is 1. The highest BCUT2D eigenvalue weighted by Gasteiger charge is 2.20. The lowest BCUT2D eigenvalue weighted by Crippen LogP contribution is -2.39. The second-order valence-electron chi connectivity index (χ2n) is 8.97. The molecule has 2 heterocycles. The maximum Gasteiger partial charge on any atom is 0.335 e. The van der Waals surface area contributed by atoms with Crippen LogP contribution >= 0.6 is 23.7 Å². The van der Waals surface area contributed by atoms with Crippen LogP contribution in [-0.2, 0) is 6.42 Å². The third kappa shape index (κ3) is 6.59. The van der Waals surface area contributed by atoms with Gasteiger partial charge in [-0.25, -0.2) is 9.78 Å². The standard InChI is InChI=1S/C28H28N2O5S.ClH/c1-17-30-25-13-23(9-11-27(25)36-17)34-16-22(31)14-29-15-24-8-6-21-12-20(7-10-26(21)35-24)18-2-4-19(5-3-18)28(32)33;/h2-5,7,9-13,22,24,29,31H,6,8,14-16H2,1H3,(H,32,33);1H/t22-,24+;/m0./s1. The fourth-order valence-electron chi connectivity index (χ4n) is 4.35. The van der Waals surface area contributed by atoms with Gasteiger partial charge in [-0.3, -0.25) is 0 Å². The van der Waals surface area contributed by atoms with E-state index in [-0.39, 0.29) is 30.7 Å². The molecule has 1 aliphatic rings. The first-order valence-corrected chi connectivity index (χ1v) is 12.8. The number of aryl methyl sites for hydroxylation is 2. The zero-order chi connectivity index (χ0) is 25.1. The highest BCUT2D eigenvalue weighted by molar-refractivity contribution is 7.18. The molecule has 3 aromatic carbocycles. The topological polar surface area (TPSA) is 101 Å². The zero-order valence-corrected chi connectivity index (χ0v) is 22.0. The van der Waals surface area contributed by atoms with Gasteiger partial charge in [0, 0.05) is 19.2 Å². The van der Waals surface area contributed by atoms with E-state index in [1.807, 2.05) is 49.4 Å². The molecule has 0 radical (unpaired) electrons. The molecular weight excluding hydrogens is 512 g/mol. The van der Waals surface area contributed by atoms with Gasteiger partial charge in [-0.05, 0) is 72.9 Å². The SMILES string of the molecule is Cc1nc2cc(OC[C@@H](O)CNC[C@H]3CCc4cc(-c5ccc(C(=O)O)cc5)ccc4O3)ccc2s1.Cl. The van der Waals surface area contributed by atoms with Gasteiger partial charge in [0.15, 0.2) is 0 Å². The van der Waals surface area contributed by atoms with E-state index in [0.29, 0.717) is 18.8 Å². The Morgan fingerprint density at radius 1 is 1.16 bits per heavy atom. The number of ether oxygens (including phenoxy) is 2. The fraction of sp³-hybridized carbons (Fsp3) is 0.286. The Labute approximate surface area is 225 Å². The molecule has 5 rings (SSSR count). The van der Waals surface area contributed by atoms with E-state index in [9.17, 15) is 9.90 Å². The average molecular weight is 541 g/mol. The number of hydrogen-bond acceptors (Lipinski definition) is 7. The monoisotopic (exact) mass is 540 g/mol. The average Bonchev–Trinajstić information content (AvgIpc) is 3.26. The van der Waals surface area contributed by atoms with Crippen molar-refractivity contribution in [2.75, 3.05) is 19.7 Å². The van der Waals surface area contributed by atoms with Crippen LogP contribution in [0.15, 0.2) is 60.7 Å². The van der Waals surface area contributed by atoms with Crippen molar-refractivity contribution in [1.29, 1.82) is 0 Å². The number of aromatic carboxylic acids is 1. The van der Waals surface area contributed by atoms with Crippen LogP contribution in [-0.4, -0.2) is 53.1 Å². The molecule has 1 aromatic heterocycles. The van der Waals surface area contributed by atoms with Gasteiger partial charge >= 0.3 is 5.97 Å². The van der Waals surface area contributed by atoms with Crippen molar-refractivity contribution >= 4 is 39.9 Å². The van der Waals surface area contributed by atoms with Gasteiger partial charge in [-0.15, -0.1) is 23.7 Å². The summed E-state index contributed by atoms with van der Waals surface area (Å²) in [6, 6.07) is 18.8. The molecule has 0 fully saturated rings. The van der Waals surface area contributed by atoms with E-state index in [1.165, 1.54) is 0 Å². The van der Waals surface area contributed by atoms with Gasteiger partial charge in [0.2, 0.25) is 0 Å². The fourth-order valence-corrected chi connectivity index (χ4v) is 5.16. The second kappa shape index (κ2) is 11.9. The van der Waals surface area contributed by atoms with Gasteiger partial charge in [-0.2, -0.15) is 0 Å². The molecular formula is C28H29ClN2O5S. The van der Waals surface area contributed by atoms with E-state index in [2.05, 4.69) is 16.4 Å². The number of carbonyl (C=O) groups is 1. The molecule has 3 N–H and O–H groups in total. The zero-order valence-electron chi connectivity index (χ0n) is 20.3. The van der Waals surface area contributed by atoms with Crippen molar-refractivity contribution in [2.45, 2.75) is 32.0 Å². The Hall–Kier alpha value is -3.17. The number of carboxylic acid groups (broad SMARTS) is 1. The molecule has 2 atom stereocenters. The van der Waals surface area contributed by atoms with E-state index in [0.717, 1.165) is 50.5 Å². The summed E-state index contributed by atoms with van der Waals surface area (Å²) in [4.78, 5) is 15.5. The Morgan fingerprint density at radius 2 is 1.95 bits per heavy atom. The lowest BCUT2D eigenvalue weighted by Gasteiger charge is -2.27. The molecule has 4 aromatic rings. The molecule has 0 aliphatic carbocycles. The van der Waals surface area contributed by atoms with Crippen LogP contribution in [0.5, 0.6) is 11.5 Å². The van der Waals surface area contributed by atoms with Crippen molar-refractivity contribution < 1.29 is 24.5 Å². The Balaban J connectivity index is 0.00000320. The largest absolute Gasteiger partial charge is 0.491 e. The van der Waals surface area contributed by atoms with Crippen LogP contribution in [0.25, 0.3) is 21.3 Å². The number of hydrogen-bond donors (Lipinski definition) is 3. The van der Waals surface area contributed by atoms with Crippen molar-refractivity contribution in [3.05, 3.63) is 76.8 Å². The van der Waals surface area contributed by atoms with Gasteiger partial charge in [0.1, 0.15) is 30.3 Å². The Bertz CT molecular complexity index is 1380. The Morgan fingerprint density at radius 3 is 2.73 bits per heavy atom. The van der Waals surface area contributed by atoms with Crippen molar-refractivity contribution in [1.82, 2.24) is 10.3 Å². The first-order chi connectivity index (χ1) is 17.4. The molecule has 0 saturated carbocycles. The third-order valence-electron chi connectivity index (χ3n) is 6.22. The molecule has 1 aliphatic heterocycles. The second-order valence-corrected chi connectivity index (χ2v) is 10.2. The van der Waals surface area contributed by atoms with E-state index in [4.69, 9.17) is 14.6 Å². The van der Waals surface area contributed by atoms with Crippen molar-refractivity contribution in [3.63, 3.8) is 0 Å². The number of rotatable bonds is 9. The summed E-state index contributed by atoms with van der Waals surface area (Å²) >= 11 is 1.65. The van der Waals surface area contributed by atoms with Crippen LogP contribution in [0.2, 0.25) is 0 Å². The summed E-state index contributed by atoms with van der Waals surface area (Å²) in [7, 11) is 0. The summed E-state index contributed by atoms with van der Waals surface area (Å²) < 4.78 is 13.0. The van der Waals surface area contributed by atoms with E-state index in [1.54, 1.807) is 23.5 Å². The number of nitrogens with zero attached hydrogens (tertiary/aromatic N) is 1. The van der Waals surface area contributed by atoms with Gasteiger partial charge in [-0.1, -0.05) is 18.2 Å². The summed E-state index contributed by atoms with van der Waals surface area (Å²) in [5.41, 5.74) is 4.36. The lowest BCUT2D eigenvalue weighted by atomic mass is 9.96. The van der Waals surface area contributed by atoms with Gasteiger partial charge in [0.25, 0.3) is 0 Å². The molecule has 7 nitrogen and oxygen atoms in total. The maximum absolute atomic E-state index is 11.1. The lowest BCUT2D eigenvalue weighted by molar-refractivity contribution is 0.0697. The molecule has 9 heteroatoms. The number of halogens is 1. The smallest absolute Gasteiger partial charge is 0.335 e. The predicted octanol–water partition coefficient (Wildman–Crippen LogP) is 5.11. The van der Waals surface area contributed by atoms with Crippen LogP contribution in [0.3, 0.4) is 0 Å². The summed E-state index contributed by atoms with van der Waals surface area (Å²) in [6.07, 6.45) is 1.17. The van der Waals surface area contributed by atoms with Gasteiger partial charge in [0.05, 0.1) is 20.8 Å². The Kier molecular flexibility index (Phi) is 8.66. The number of aliphatic hydroxyl groups excluding tert-OH is 1. The first kappa shape index (κ1) is 26.9. The number of thiazole rings is 1. The molecule has 194 valence electrons. The minimum atomic E-state index is -0.927. The van der Waals surface area contributed by atoms with Crippen molar-refractivity contribution in [3.8, 4) is 22.6 Å². The van der Waals surface area contributed by atoms with Crippen LogP contribution in [0, 0.1) is 6.92 Å². The molecule has 0 spiro atoms. The number of carboxylic acids is 1. The first-order valence-electron chi connectivity index (χ1n) is 12.0. The number of fused-ring (bicyclic) bond motifs is 2. The maximum atomic E-state index is 11.1. The molecule has 37 heavy (non-hydrogen) atoms. The minimum absolute atomic E-state index is 0. The predicted molar refractivity (Wildman–Crippen MR) is 148 cm³/mol. The normalized spacial score (nSPS) is 15.4. The quantitative estimate of drug-likeness (QED) is 0.271. The highest BCUT2D eigenvalue weighted by atomic mass is 35.5. The van der Waals surface area contributed by atoms with E-state index < -0.39 is 12.1 Å². The van der Waals surface area contributed by atoms with E-state index >= 15 is 0 Å². The minimum Gasteiger partial charge on any atom is -0.491 e. The van der Waals surface area contributed by atoms with Gasteiger partial charge < -0.3 is 25.0 Å². The van der Waals surface area contributed by atoms with Crippen molar-refractivity contribution in [2.24, 2.45) is 0 Å². The van der Waals surface area contributed by atoms with Crippen LogP contribution in [0.4, 0.5) is 0 Å².